The van der Waals surface area contributed by atoms with Crippen LogP contribution in [0.25, 0.3) is 0 Å². The third-order valence-corrected chi connectivity index (χ3v) is 2.99. The molecule has 6 nitrogen and oxygen atoms in total. The average molecular weight is 295 g/mol. The third kappa shape index (κ3) is 6.44. The molecule has 0 radical (unpaired) electrons. The largest absolute Gasteiger partial charge is 0.391 e. The van der Waals surface area contributed by atoms with Gasteiger partial charge in [-0.1, -0.05) is 20.8 Å². The minimum Gasteiger partial charge on any atom is -0.391 e. The van der Waals surface area contributed by atoms with Crippen molar-refractivity contribution in [3.8, 4) is 0 Å². The summed E-state index contributed by atoms with van der Waals surface area (Å²) in [6.45, 7) is 7.27. The fraction of sp³-hybridized carbons (Fsp3) is 0.600. The summed E-state index contributed by atoms with van der Waals surface area (Å²) in [4.78, 5) is 10.6. The number of benzene rings is 1. The fourth-order valence-electron chi connectivity index (χ4n) is 2.05. The highest BCUT2D eigenvalue weighted by molar-refractivity contribution is 5.63. The molecule has 0 amide bonds. The SMILES string of the molecule is CCCNc1cc(NCC(O)CC(C)C)cc([N+](=O)[O-])c1. The van der Waals surface area contributed by atoms with Crippen LogP contribution in [-0.4, -0.2) is 29.2 Å². The van der Waals surface area contributed by atoms with Crippen LogP contribution in [-0.2, 0) is 0 Å². The number of aliphatic hydroxyl groups excluding tert-OH is 1. The first-order valence-electron chi connectivity index (χ1n) is 7.37. The van der Waals surface area contributed by atoms with Gasteiger partial charge >= 0.3 is 0 Å². The van der Waals surface area contributed by atoms with E-state index in [9.17, 15) is 15.2 Å². The Morgan fingerprint density at radius 2 is 1.86 bits per heavy atom. The maximum atomic E-state index is 11.0. The molecular formula is C15H25N3O3. The predicted octanol–water partition coefficient (Wildman–Crippen LogP) is 3.24. The monoisotopic (exact) mass is 295 g/mol. The summed E-state index contributed by atoms with van der Waals surface area (Å²) in [5.41, 5.74) is 1.40. The first-order chi connectivity index (χ1) is 9.92. The summed E-state index contributed by atoms with van der Waals surface area (Å²) in [5.74, 6) is 0.411. The Morgan fingerprint density at radius 1 is 1.24 bits per heavy atom. The van der Waals surface area contributed by atoms with E-state index in [2.05, 4.69) is 10.6 Å². The fourth-order valence-corrected chi connectivity index (χ4v) is 2.05. The van der Waals surface area contributed by atoms with Crippen molar-refractivity contribution in [2.45, 2.75) is 39.7 Å². The second kappa shape index (κ2) is 8.46. The highest BCUT2D eigenvalue weighted by Crippen LogP contribution is 2.24. The van der Waals surface area contributed by atoms with Crippen molar-refractivity contribution in [1.29, 1.82) is 0 Å². The second-order valence-electron chi connectivity index (χ2n) is 5.62. The van der Waals surface area contributed by atoms with Crippen molar-refractivity contribution < 1.29 is 10.0 Å². The van der Waals surface area contributed by atoms with E-state index in [1.54, 1.807) is 0 Å². The lowest BCUT2D eigenvalue weighted by atomic mass is 10.1. The molecular weight excluding hydrogens is 270 g/mol. The topological polar surface area (TPSA) is 87.4 Å². The first-order valence-corrected chi connectivity index (χ1v) is 7.37. The Balaban J connectivity index is 2.75. The van der Waals surface area contributed by atoms with Gasteiger partial charge in [0.25, 0.3) is 5.69 Å². The van der Waals surface area contributed by atoms with Crippen LogP contribution in [0.3, 0.4) is 0 Å². The molecule has 0 saturated carbocycles. The Labute approximate surface area is 125 Å². The van der Waals surface area contributed by atoms with E-state index >= 15 is 0 Å². The van der Waals surface area contributed by atoms with Crippen LogP contribution in [0, 0.1) is 16.0 Å². The molecule has 0 saturated heterocycles. The quantitative estimate of drug-likeness (QED) is 0.481. The predicted molar refractivity (Wildman–Crippen MR) is 85.8 cm³/mol. The molecule has 3 N–H and O–H groups in total. The summed E-state index contributed by atoms with van der Waals surface area (Å²) in [5, 5.41) is 27.0. The van der Waals surface area contributed by atoms with E-state index < -0.39 is 11.0 Å². The lowest BCUT2D eigenvalue weighted by molar-refractivity contribution is -0.384. The average Bonchev–Trinajstić information content (AvgIpc) is 2.42. The van der Waals surface area contributed by atoms with Crippen molar-refractivity contribution in [2.75, 3.05) is 23.7 Å². The highest BCUT2D eigenvalue weighted by atomic mass is 16.6. The molecule has 0 aliphatic heterocycles. The maximum absolute atomic E-state index is 11.0. The summed E-state index contributed by atoms with van der Waals surface area (Å²) >= 11 is 0. The molecule has 1 unspecified atom stereocenters. The van der Waals surface area contributed by atoms with E-state index in [0.717, 1.165) is 13.0 Å². The van der Waals surface area contributed by atoms with Crippen LogP contribution in [0.1, 0.15) is 33.6 Å². The zero-order valence-electron chi connectivity index (χ0n) is 12.9. The molecule has 0 aliphatic rings. The molecule has 0 fully saturated rings. The number of hydrogen-bond donors (Lipinski definition) is 3. The number of nitro groups is 1. The van der Waals surface area contributed by atoms with Gasteiger partial charge in [-0.15, -0.1) is 0 Å². The first kappa shape index (κ1) is 17.2. The van der Waals surface area contributed by atoms with Gasteiger partial charge < -0.3 is 15.7 Å². The van der Waals surface area contributed by atoms with Gasteiger partial charge in [0.1, 0.15) is 0 Å². The smallest absolute Gasteiger partial charge is 0.273 e. The number of nitrogens with zero attached hydrogens (tertiary/aromatic N) is 1. The summed E-state index contributed by atoms with van der Waals surface area (Å²) in [6.07, 6.45) is 1.18. The van der Waals surface area contributed by atoms with E-state index in [4.69, 9.17) is 0 Å². The molecule has 0 aromatic heterocycles. The molecule has 0 spiro atoms. The second-order valence-corrected chi connectivity index (χ2v) is 5.62. The number of anilines is 2. The summed E-state index contributed by atoms with van der Waals surface area (Å²) < 4.78 is 0. The molecule has 1 atom stereocenters. The van der Waals surface area contributed by atoms with E-state index in [0.29, 0.717) is 30.3 Å². The molecule has 0 aliphatic carbocycles. The van der Waals surface area contributed by atoms with E-state index in [1.807, 2.05) is 26.8 Å². The van der Waals surface area contributed by atoms with Gasteiger partial charge in [0.05, 0.1) is 11.0 Å². The molecule has 118 valence electrons. The normalized spacial score (nSPS) is 12.2. The van der Waals surface area contributed by atoms with Gasteiger partial charge in [0.2, 0.25) is 0 Å². The molecule has 21 heavy (non-hydrogen) atoms. The van der Waals surface area contributed by atoms with Crippen LogP contribution >= 0.6 is 0 Å². The number of rotatable bonds is 9. The lowest BCUT2D eigenvalue weighted by Crippen LogP contribution is -2.21. The zero-order chi connectivity index (χ0) is 15.8. The van der Waals surface area contributed by atoms with E-state index in [1.165, 1.54) is 12.1 Å². The zero-order valence-corrected chi connectivity index (χ0v) is 12.9. The van der Waals surface area contributed by atoms with Crippen LogP contribution in [0.15, 0.2) is 18.2 Å². The minimum absolute atomic E-state index is 0.0388. The van der Waals surface area contributed by atoms with Gasteiger partial charge in [0.15, 0.2) is 0 Å². The number of hydrogen-bond acceptors (Lipinski definition) is 5. The van der Waals surface area contributed by atoms with E-state index in [-0.39, 0.29) is 5.69 Å². The number of nitrogens with one attached hydrogen (secondary N) is 2. The number of nitro benzene ring substituents is 1. The van der Waals surface area contributed by atoms with Crippen molar-refractivity contribution in [3.63, 3.8) is 0 Å². The molecule has 1 rings (SSSR count). The molecule has 1 aromatic rings. The van der Waals surface area contributed by atoms with Crippen molar-refractivity contribution >= 4 is 17.1 Å². The number of non-ortho nitro benzene ring substituents is 1. The van der Waals surface area contributed by atoms with Crippen LogP contribution in [0.2, 0.25) is 0 Å². The Hall–Kier alpha value is -1.82. The van der Waals surface area contributed by atoms with Gasteiger partial charge in [-0.05, 0) is 24.8 Å². The maximum Gasteiger partial charge on any atom is 0.273 e. The van der Waals surface area contributed by atoms with Gasteiger partial charge in [-0.3, -0.25) is 10.1 Å². The Kier molecular flexibility index (Phi) is 6.94. The molecule has 0 heterocycles. The minimum atomic E-state index is -0.462. The Morgan fingerprint density at radius 3 is 2.38 bits per heavy atom. The Bertz CT molecular complexity index is 463. The number of aliphatic hydroxyl groups is 1. The standard InChI is InChI=1S/C15H25N3O3/c1-4-5-16-12-7-13(9-14(8-12)18(20)21)17-10-15(19)6-11(2)3/h7-9,11,15-17,19H,4-6,10H2,1-3H3. The summed E-state index contributed by atoms with van der Waals surface area (Å²) in [7, 11) is 0. The third-order valence-electron chi connectivity index (χ3n) is 2.99. The molecule has 6 heteroatoms. The van der Waals surface area contributed by atoms with Crippen molar-refractivity contribution in [1.82, 2.24) is 0 Å². The van der Waals surface area contributed by atoms with Crippen LogP contribution in [0.5, 0.6) is 0 Å². The van der Waals surface area contributed by atoms with Gasteiger partial charge in [0, 0.05) is 36.6 Å². The molecule has 1 aromatic carbocycles. The highest BCUT2D eigenvalue weighted by Gasteiger charge is 2.11. The van der Waals surface area contributed by atoms with Gasteiger partial charge in [-0.25, -0.2) is 0 Å². The van der Waals surface area contributed by atoms with Crippen LogP contribution in [0.4, 0.5) is 17.1 Å². The van der Waals surface area contributed by atoms with Gasteiger partial charge in [-0.2, -0.15) is 0 Å². The van der Waals surface area contributed by atoms with Crippen molar-refractivity contribution in [3.05, 3.63) is 28.3 Å². The molecule has 0 bridgehead atoms. The summed E-state index contributed by atoms with van der Waals surface area (Å²) in [6, 6.07) is 4.83. The lowest BCUT2D eigenvalue weighted by Gasteiger charge is -2.15. The van der Waals surface area contributed by atoms with Crippen LogP contribution < -0.4 is 10.6 Å². The van der Waals surface area contributed by atoms with Crippen molar-refractivity contribution in [2.24, 2.45) is 5.92 Å².